The van der Waals surface area contributed by atoms with Crippen molar-refractivity contribution in [3.63, 3.8) is 0 Å². The number of rotatable bonds is 5. The number of hydrogen-bond acceptors (Lipinski definition) is 4. The van der Waals surface area contributed by atoms with Gasteiger partial charge in [-0.2, -0.15) is 11.8 Å². The van der Waals surface area contributed by atoms with Gasteiger partial charge in [0.15, 0.2) is 0 Å². The third-order valence-electron chi connectivity index (χ3n) is 1.85. The van der Waals surface area contributed by atoms with Gasteiger partial charge in [-0.05, 0) is 28.6 Å². The first-order chi connectivity index (χ1) is 6.76. The Bertz CT molecular complexity index is 283. The first kappa shape index (κ1) is 11.8. The van der Waals surface area contributed by atoms with Gasteiger partial charge in [-0.1, -0.05) is 6.92 Å². The first-order valence-corrected chi connectivity index (χ1v) is 6.68. The average molecular weight is 276 g/mol. The Balaban J connectivity index is 2.57. The minimum atomic E-state index is 0.479. The lowest BCUT2D eigenvalue weighted by atomic mass is 10.2. The summed E-state index contributed by atoms with van der Waals surface area (Å²) in [6.07, 6.45) is 4.76. The van der Waals surface area contributed by atoms with E-state index in [1.54, 1.807) is 6.33 Å². The van der Waals surface area contributed by atoms with Gasteiger partial charge in [0.25, 0.3) is 0 Å². The number of halogens is 1. The molecule has 0 amide bonds. The smallest absolute Gasteiger partial charge is 0.130 e. The molecule has 1 unspecified atom stereocenters. The van der Waals surface area contributed by atoms with Crippen molar-refractivity contribution in [1.82, 2.24) is 9.97 Å². The van der Waals surface area contributed by atoms with Crippen LogP contribution in [0.15, 0.2) is 17.0 Å². The molecule has 0 spiro atoms. The van der Waals surface area contributed by atoms with Crippen LogP contribution in [0.1, 0.15) is 13.3 Å². The van der Waals surface area contributed by atoms with Gasteiger partial charge in [-0.3, -0.25) is 0 Å². The Morgan fingerprint density at radius 3 is 2.93 bits per heavy atom. The second-order valence-corrected chi connectivity index (χ2v) is 4.65. The Hall–Kier alpha value is -0.290. The normalized spacial score (nSPS) is 12.5. The van der Waals surface area contributed by atoms with Gasteiger partial charge >= 0.3 is 0 Å². The molecule has 0 aliphatic carbocycles. The Kier molecular flexibility index (Phi) is 5.25. The van der Waals surface area contributed by atoms with E-state index in [0.29, 0.717) is 6.04 Å². The Morgan fingerprint density at radius 1 is 1.57 bits per heavy atom. The van der Waals surface area contributed by atoms with E-state index in [4.69, 9.17) is 0 Å². The van der Waals surface area contributed by atoms with Gasteiger partial charge in [0.05, 0.1) is 0 Å². The fourth-order valence-corrected chi connectivity index (χ4v) is 2.11. The highest BCUT2D eigenvalue weighted by molar-refractivity contribution is 9.10. The Morgan fingerprint density at radius 2 is 2.36 bits per heavy atom. The van der Waals surface area contributed by atoms with E-state index < -0.39 is 0 Å². The van der Waals surface area contributed by atoms with Crippen LogP contribution >= 0.6 is 27.7 Å². The molecule has 0 saturated carbocycles. The SMILES string of the molecule is CCC(CSC)Nc1cc(Br)ncn1. The lowest BCUT2D eigenvalue weighted by Gasteiger charge is -2.15. The quantitative estimate of drug-likeness (QED) is 0.839. The van der Waals surface area contributed by atoms with Crippen LogP contribution in [0.4, 0.5) is 5.82 Å². The van der Waals surface area contributed by atoms with Crippen molar-refractivity contribution in [1.29, 1.82) is 0 Å². The molecular formula is C9H14BrN3S. The molecule has 3 nitrogen and oxygen atoms in total. The van der Waals surface area contributed by atoms with Crippen LogP contribution in [0.5, 0.6) is 0 Å². The van der Waals surface area contributed by atoms with Crippen molar-refractivity contribution < 1.29 is 0 Å². The third-order valence-corrected chi connectivity index (χ3v) is 3.02. The maximum atomic E-state index is 4.15. The molecule has 5 heteroatoms. The molecule has 1 N–H and O–H groups in total. The van der Waals surface area contributed by atoms with Crippen molar-refractivity contribution in [3.8, 4) is 0 Å². The van der Waals surface area contributed by atoms with Gasteiger partial charge in [-0.15, -0.1) is 0 Å². The zero-order valence-electron chi connectivity index (χ0n) is 8.33. The number of hydrogen-bond donors (Lipinski definition) is 1. The van der Waals surface area contributed by atoms with Crippen LogP contribution in [0.2, 0.25) is 0 Å². The zero-order valence-corrected chi connectivity index (χ0v) is 10.7. The van der Waals surface area contributed by atoms with E-state index in [1.165, 1.54) is 0 Å². The standard InChI is InChI=1S/C9H14BrN3S/c1-3-7(5-14-2)13-9-4-8(10)11-6-12-9/h4,6-7H,3,5H2,1-2H3,(H,11,12,13). The largest absolute Gasteiger partial charge is 0.366 e. The topological polar surface area (TPSA) is 37.8 Å². The van der Waals surface area contributed by atoms with Crippen LogP contribution in [0, 0.1) is 0 Å². The molecule has 1 rings (SSSR count). The number of nitrogens with one attached hydrogen (secondary N) is 1. The minimum absolute atomic E-state index is 0.479. The summed E-state index contributed by atoms with van der Waals surface area (Å²) in [5.41, 5.74) is 0. The predicted molar refractivity (Wildman–Crippen MR) is 65.8 cm³/mol. The van der Waals surface area contributed by atoms with Gasteiger partial charge in [0.2, 0.25) is 0 Å². The second kappa shape index (κ2) is 6.24. The van der Waals surface area contributed by atoms with E-state index >= 15 is 0 Å². The van der Waals surface area contributed by atoms with E-state index in [2.05, 4.69) is 44.4 Å². The monoisotopic (exact) mass is 275 g/mol. The summed E-state index contributed by atoms with van der Waals surface area (Å²) in [6, 6.07) is 2.37. The number of nitrogens with zero attached hydrogens (tertiary/aromatic N) is 2. The van der Waals surface area contributed by atoms with Crippen LogP contribution in [0.3, 0.4) is 0 Å². The molecule has 1 atom stereocenters. The first-order valence-electron chi connectivity index (χ1n) is 4.49. The van der Waals surface area contributed by atoms with Crippen LogP contribution in [-0.2, 0) is 0 Å². The highest BCUT2D eigenvalue weighted by Crippen LogP contribution is 2.13. The zero-order chi connectivity index (χ0) is 10.4. The maximum absolute atomic E-state index is 4.15. The fraction of sp³-hybridized carbons (Fsp3) is 0.556. The average Bonchev–Trinajstić information content (AvgIpc) is 2.17. The molecule has 0 radical (unpaired) electrons. The van der Waals surface area contributed by atoms with Crippen molar-refractivity contribution in [2.45, 2.75) is 19.4 Å². The van der Waals surface area contributed by atoms with E-state index in [0.717, 1.165) is 22.6 Å². The van der Waals surface area contributed by atoms with E-state index in [-0.39, 0.29) is 0 Å². The summed E-state index contributed by atoms with van der Waals surface area (Å²) in [7, 11) is 0. The fourth-order valence-electron chi connectivity index (χ4n) is 1.08. The summed E-state index contributed by atoms with van der Waals surface area (Å²) in [6.45, 7) is 2.17. The molecule has 0 aliphatic rings. The lowest BCUT2D eigenvalue weighted by molar-refractivity contribution is 0.768. The highest BCUT2D eigenvalue weighted by atomic mass is 79.9. The van der Waals surface area contributed by atoms with Crippen molar-refractivity contribution in [3.05, 3.63) is 17.0 Å². The molecule has 0 fully saturated rings. The molecule has 1 aromatic rings. The summed E-state index contributed by atoms with van der Waals surface area (Å²) < 4.78 is 0.814. The van der Waals surface area contributed by atoms with Crippen LogP contribution in [0.25, 0.3) is 0 Å². The molecule has 0 aliphatic heterocycles. The maximum Gasteiger partial charge on any atom is 0.130 e. The number of thioether (sulfide) groups is 1. The number of anilines is 1. The van der Waals surface area contributed by atoms with Gasteiger partial charge in [-0.25, -0.2) is 9.97 Å². The summed E-state index contributed by atoms with van der Waals surface area (Å²) in [5.74, 6) is 1.98. The molecule has 0 saturated heterocycles. The Labute approximate surface area is 97.2 Å². The van der Waals surface area contributed by atoms with Crippen molar-refractivity contribution in [2.24, 2.45) is 0 Å². The van der Waals surface area contributed by atoms with Crippen LogP contribution in [-0.4, -0.2) is 28.0 Å². The second-order valence-electron chi connectivity index (χ2n) is 2.93. The van der Waals surface area contributed by atoms with E-state index in [9.17, 15) is 0 Å². The molecular weight excluding hydrogens is 262 g/mol. The lowest BCUT2D eigenvalue weighted by Crippen LogP contribution is -2.21. The van der Waals surface area contributed by atoms with Crippen molar-refractivity contribution in [2.75, 3.05) is 17.3 Å². The molecule has 78 valence electrons. The van der Waals surface area contributed by atoms with Crippen molar-refractivity contribution >= 4 is 33.5 Å². The van der Waals surface area contributed by atoms with Gasteiger partial charge in [0, 0.05) is 17.9 Å². The van der Waals surface area contributed by atoms with Gasteiger partial charge in [0.1, 0.15) is 16.7 Å². The highest BCUT2D eigenvalue weighted by Gasteiger charge is 2.05. The molecule has 0 aromatic carbocycles. The van der Waals surface area contributed by atoms with Crippen LogP contribution < -0.4 is 5.32 Å². The molecule has 1 aromatic heterocycles. The molecule has 1 heterocycles. The van der Waals surface area contributed by atoms with Gasteiger partial charge < -0.3 is 5.32 Å². The summed E-state index contributed by atoms with van der Waals surface area (Å²) >= 11 is 5.16. The summed E-state index contributed by atoms with van der Waals surface area (Å²) in [4.78, 5) is 8.13. The minimum Gasteiger partial charge on any atom is -0.366 e. The predicted octanol–water partition coefficient (Wildman–Crippen LogP) is 2.79. The van der Waals surface area contributed by atoms with E-state index in [1.807, 2.05) is 17.8 Å². The molecule has 14 heavy (non-hydrogen) atoms. The molecule has 0 bridgehead atoms. The third kappa shape index (κ3) is 3.84. The number of aromatic nitrogens is 2. The summed E-state index contributed by atoms with van der Waals surface area (Å²) in [5, 5.41) is 3.37.